The normalized spacial score (nSPS) is 31.7. The third-order valence-corrected chi connectivity index (χ3v) is 4.93. The fourth-order valence-electron chi connectivity index (χ4n) is 3.30. The minimum absolute atomic E-state index is 0.367. The highest BCUT2D eigenvalue weighted by molar-refractivity contribution is 4.93. The second-order valence-corrected chi connectivity index (χ2v) is 5.97. The molecule has 2 rings (SSSR count). The summed E-state index contributed by atoms with van der Waals surface area (Å²) in [5.74, 6) is 0. The fraction of sp³-hybridized carbons (Fsp3) is 1.00. The Morgan fingerprint density at radius 2 is 1.94 bits per heavy atom. The predicted molar refractivity (Wildman–Crippen MR) is 69.7 cm³/mol. The number of rotatable bonds is 4. The van der Waals surface area contributed by atoms with Crippen molar-refractivity contribution in [2.45, 2.75) is 76.9 Å². The fourth-order valence-corrected chi connectivity index (χ4v) is 3.30. The van der Waals surface area contributed by atoms with Gasteiger partial charge >= 0.3 is 0 Å². The smallest absolute Gasteiger partial charge is 0.0150 e. The van der Waals surface area contributed by atoms with Crippen molar-refractivity contribution in [3.8, 4) is 0 Å². The standard InChI is InChI=1S/C14H28N2/c1-4-14(3,5-2)15-12-8-10-16-9-6-7-13(16)11-12/h12-13,15H,4-11H2,1-3H3. The molecule has 2 heteroatoms. The molecule has 0 aromatic rings. The van der Waals surface area contributed by atoms with Gasteiger partial charge in [0.25, 0.3) is 0 Å². The second kappa shape index (κ2) is 5.05. The van der Waals surface area contributed by atoms with E-state index >= 15 is 0 Å². The van der Waals surface area contributed by atoms with E-state index in [9.17, 15) is 0 Å². The molecule has 0 bridgehead atoms. The van der Waals surface area contributed by atoms with Gasteiger partial charge in [0.2, 0.25) is 0 Å². The van der Waals surface area contributed by atoms with Crippen molar-refractivity contribution < 1.29 is 0 Å². The monoisotopic (exact) mass is 224 g/mol. The minimum atomic E-state index is 0.367. The summed E-state index contributed by atoms with van der Waals surface area (Å²) in [6, 6.07) is 1.66. The van der Waals surface area contributed by atoms with E-state index in [1.54, 1.807) is 0 Å². The van der Waals surface area contributed by atoms with Crippen LogP contribution in [-0.4, -0.2) is 35.6 Å². The molecule has 2 atom stereocenters. The second-order valence-electron chi connectivity index (χ2n) is 5.97. The Labute approximate surface area is 101 Å². The summed E-state index contributed by atoms with van der Waals surface area (Å²) < 4.78 is 0. The maximum atomic E-state index is 3.92. The lowest BCUT2D eigenvalue weighted by atomic mass is 9.90. The third kappa shape index (κ3) is 2.60. The zero-order chi connectivity index (χ0) is 11.6. The van der Waals surface area contributed by atoms with Crippen LogP contribution < -0.4 is 5.32 Å². The molecule has 0 aliphatic carbocycles. The summed E-state index contributed by atoms with van der Waals surface area (Å²) in [7, 11) is 0. The summed E-state index contributed by atoms with van der Waals surface area (Å²) in [6.45, 7) is 9.68. The maximum Gasteiger partial charge on any atom is 0.0150 e. The Morgan fingerprint density at radius 3 is 2.62 bits per heavy atom. The largest absolute Gasteiger partial charge is 0.309 e. The van der Waals surface area contributed by atoms with Crippen molar-refractivity contribution in [3.63, 3.8) is 0 Å². The van der Waals surface area contributed by atoms with Crippen molar-refractivity contribution in [2.75, 3.05) is 13.1 Å². The SMILES string of the molecule is CCC(C)(CC)NC1CCN2CCCC2C1. The molecule has 2 saturated heterocycles. The van der Waals surface area contributed by atoms with Crippen LogP contribution in [0.3, 0.4) is 0 Å². The predicted octanol–water partition coefficient (Wildman–Crippen LogP) is 2.78. The molecule has 0 aromatic heterocycles. The lowest BCUT2D eigenvalue weighted by Crippen LogP contribution is -2.53. The molecule has 0 radical (unpaired) electrons. The van der Waals surface area contributed by atoms with Crippen molar-refractivity contribution in [1.82, 2.24) is 10.2 Å². The summed E-state index contributed by atoms with van der Waals surface area (Å²) in [5, 5.41) is 3.92. The first-order valence-corrected chi connectivity index (χ1v) is 7.18. The van der Waals surface area contributed by atoms with Gasteiger partial charge in [0.15, 0.2) is 0 Å². The number of hydrogen-bond donors (Lipinski definition) is 1. The molecule has 0 amide bonds. The molecule has 2 fully saturated rings. The van der Waals surface area contributed by atoms with E-state index in [4.69, 9.17) is 0 Å². The van der Waals surface area contributed by atoms with Gasteiger partial charge in [-0.1, -0.05) is 13.8 Å². The van der Waals surface area contributed by atoms with E-state index in [1.807, 2.05) is 0 Å². The molecular weight excluding hydrogens is 196 g/mol. The Hall–Kier alpha value is -0.0800. The molecule has 2 aliphatic heterocycles. The van der Waals surface area contributed by atoms with Gasteiger partial charge in [-0.05, 0) is 58.5 Å². The zero-order valence-electron chi connectivity index (χ0n) is 11.3. The lowest BCUT2D eigenvalue weighted by molar-refractivity contribution is 0.144. The average Bonchev–Trinajstić information content (AvgIpc) is 2.76. The van der Waals surface area contributed by atoms with Crippen LogP contribution in [0.15, 0.2) is 0 Å². The van der Waals surface area contributed by atoms with Gasteiger partial charge in [0.1, 0.15) is 0 Å². The molecule has 2 heterocycles. The van der Waals surface area contributed by atoms with Crippen LogP contribution in [0.4, 0.5) is 0 Å². The number of piperidine rings is 1. The van der Waals surface area contributed by atoms with Gasteiger partial charge in [-0.15, -0.1) is 0 Å². The topological polar surface area (TPSA) is 15.3 Å². The van der Waals surface area contributed by atoms with E-state index < -0.39 is 0 Å². The molecule has 2 aliphatic rings. The van der Waals surface area contributed by atoms with Crippen LogP contribution in [0.25, 0.3) is 0 Å². The van der Waals surface area contributed by atoms with Gasteiger partial charge in [-0.25, -0.2) is 0 Å². The molecule has 0 saturated carbocycles. The van der Waals surface area contributed by atoms with E-state index in [0.29, 0.717) is 5.54 Å². The number of fused-ring (bicyclic) bond motifs is 1. The zero-order valence-corrected chi connectivity index (χ0v) is 11.3. The Balaban J connectivity index is 1.87. The van der Waals surface area contributed by atoms with Crippen molar-refractivity contribution in [3.05, 3.63) is 0 Å². The Kier molecular flexibility index (Phi) is 3.91. The van der Waals surface area contributed by atoms with Crippen molar-refractivity contribution >= 4 is 0 Å². The van der Waals surface area contributed by atoms with Gasteiger partial charge in [-0.2, -0.15) is 0 Å². The van der Waals surface area contributed by atoms with Crippen LogP contribution in [0.5, 0.6) is 0 Å². The van der Waals surface area contributed by atoms with Crippen LogP contribution in [-0.2, 0) is 0 Å². The van der Waals surface area contributed by atoms with E-state index in [-0.39, 0.29) is 0 Å². The van der Waals surface area contributed by atoms with Gasteiger partial charge in [0.05, 0.1) is 0 Å². The molecule has 0 spiro atoms. The highest BCUT2D eigenvalue weighted by Crippen LogP contribution is 2.28. The minimum Gasteiger partial charge on any atom is -0.309 e. The first-order chi connectivity index (χ1) is 7.67. The van der Waals surface area contributed by atoms with Gasteiger partial charge in [0, 0.05) is 17.6 Å². The first kappa shape index (κ1) is 12.4. The maximum absolute atomic E-state index is 3.92. The summed E-state index contributed by atoms with van der Waals surface area (Å²) in [4.78, 5) is 2.70. The molecule has 94 valence electrons. The van der Waals surface area contributed by atoms with Gasteiger partial charge < -0.3 is 10.2 Å². The number of hydrogen-bond acceptors (Lipinski definition) is 2. The highest BCUT2D eigenvalue weighted by atomic mass is 15.2. The molecular formula is C14H28N2. The van der Waals surface area contributed by atoms with E-state index in [1.165, 1.54) is 51.6 Å². The summed E-state index contributed by atoms with van der Waals surface area (Å²) in [6.07, 6.45) is 8.09. The third-order valence-electron chi connectivity index (χ3n) is 4.93. The molecule has 2 nitrogen and oxygen atoms in total. The molecule has 1 N–H and O–H groups in total. The first-order valence-electron chi connectivity index (χ1n) is 7.18. The van der Waals surface area contributed by atoms with E-state index in [2.05, 4.69) is 31.0 Å². The van der Waals surface area contributed by atoms with Crippen molar-refractivity contribution in [1.29, 1.82) is 0 Å². The Morgan fingerprint density at radius 1 is 1.19 bits per heavy atom. The molecule has 16 heavy (non-hydrogen) atoms. The van der Waals surface area contributed by atoms with Crippen molar-refractivity contribution in [2.24, 2.45) is 0 Å². The summed E-state index contributed by atoms with van der Waals surface area (Å²) in [5.41, 5.74) is 0.367. The quantitative estimate of drug-likeness (QED) is 0.790. The van der Waals surface area contributed by atoms with Crippen LogP contribution in [0.1, 0.15) is 59.3 Å². The van der Waals surface area contributed by atoms with Crippen LogP contribution >= 0.6 is 0 Å². The van der Waals surface area contributed by atoms with Gasteiger partial charge in [-0.3, -0.25) is 0 Å². The Bertz CT molecular complexity index is 223. The van der Waals surface area contributed by atoms with Crippen LogP contribution in [0.2, 0.25) is 0 Å². The lowest BCUT2D eigenvalue weighted by Gasteiger charge is -2.40. The number of nitrogens with zero attached hydrogens (tertiary/aromatic N) is 1. The molecule has 0 aromatic carbocycles. The number of nitrogens with one attached hydrogen (secondary N) is 1. The van der Waals surface area contributed by atoms with Crippen LogP contribution in [0, 0.1) is 0 Å². The van der Waals surface area contributed by atoms with E-state index in [0.717, 1.165) is 12.1 Å². The average molecular weight is 224 g/mol. The molecule has 2 unspecified atom stereocenters. The summed E-state index contributed by atoms with van der Waals surface area (Å²) >= 11 is 0. The highest BCUT2D eigenvalue weighted by Gasteiger charge is 2.33.